The lowest BCUT2D eigenvalue weighted by Gasteiger charge is -2.33. The molecule has 2 aromatic carbocycles. The van der Waals surface area contributed by atoms with Gasteiger partial charge in [0.25, 0.3) is 5.91 Å². The van der Waals surface area contributed by atoms with Crippen molar-refractivity contribution in [1.82, 2.24) is 19.1 Å². The highest BCUT2D eigenvalue weighted by Crippen LogP contribution is 2.32. The Labute approximate surface area is 232 Å². The second-order valence-corrected chi connectivity index (χ2v) is 12.2. The number of benzene rings is 2. The monoisotopic (exact) mass is 575 g/mol. The number of carbonyl (C=O) groups is 2. The zero-order valence-electron chi connectivity index (χ0n) is 22.5. The summed E-state index contributed by atoms with van der Waals surface area (Å²) in [6, 6.07) is 11.5. The molecule has 0 aliphatic carbocycles. The van der Waals surface area contributed by atoms with Crippen molar-refractivity contribution in [3.8, 4) is 5.75 Å². The fourth-order valence-corrected chi connectivity index (χ4v) is 6.56. The number of thiazole rings is 1. The second-order valence-electron chi connectivity index (χ2n) is 9.20. The van der Waals surface area contributed by atoms with Gasteiger partial charge in [-0.15, -0.1) is 0 Å². The van der Waals surface area contributed by atoms with E-state index < -0.39 is 16.1 Å². The van der Waals surface area contributed by atoms with Crippen molar-refractivity contribution in [2.75, 3.05) is 72.0 Å². The number of aromatic nitrogens is 1. The first-order valence-electron chi connectivity index (χ1n) is 12.6. The molecule has 1 fully saturated rings. The van der Waals surface area contributed by atoms with Crippen LogP contribution in [-0.4, -0.2) is 107 Å². The van der Waals surface area contributed by atoms with Crippen molar-refractivity contribution in [2.24, 2.45) is 0 Å². The van der Waals surface area contributed by atoms with Crippen LogP contribution < -0.4 is 9.64 Å². The lowest BCUT2D eigenvalue weighted by molar-refractivity contribution is 0.0933. The molecule has 39 heavy (non-hydrogen) atoms. The van der Waals surface area contributed by atoms with E-state index in [1.54, 1.807) is 18.9 Å². The normalized spacial score (nSPS) is 14.5. The first-order valence-corrected chi connectivity index (χ1v) is 14.8. The molecule has 1 saturated heterocycles. The topological polar surface area (TPSA) is 113 Å². The number of fused-ring (bicyclic) bond motifs is 1. The molecule has 2 heterocycles. The van der Waals surface area contributed by atoms with E-state index in [0.717, 1.165) is 10.2 Å². The van der Waals surface area contributed by atoms with Gasteiger partial charge in [0.1, 0.15) is 5.75 Å². The summed E-state index contributed by atoms with van der Waals surface area (Å²) >= 11 is 1.40. The van der Waals surface area contributed by atoms with E-state index in [1.165, 1.54) is 44.8 Å². The summed E-state index contributed by atoms with van der Waals surface area (Å²) in [5.41, 5.74) is 1.12. The van der Waals surface area contributed by atoms with Crippen molar-refractivity contribution in [3.63, 3.8) is 0 Å². The van der Waals surface area contributed by atoms with Gasteiger partial charge in [-0.2, -0.15) is 4.31 Å². The number of methoxy groups -OCH3 is 1. The largest absolute Gasteiger partial charge is 0.497 e. The van der Waals surface area contributed by atoms with E-state index in [1.807, 2.05) is 37.2 Å². The smallest absolute Gasteiger partial charge is 0.409 e. The van der Waals surface area contributed by atoms with Crippen molar-refractivity contribution in [2.45, 2.75) is 11.8 Å². The summed E-state index contributed by atoms with van der Waals surface area (Å²) in [5.74, 6) is 0.442. The van der Waals surface area contributed by atoms with Crippen LogP contribution in [0.3, 0.4) is 0 Å². The van der Waals surface area contributed by atoms with Gasteiger partial charge < -0.3 is 19.3 Å². The quantitative estimate of drug-likeness (QED) is 0.383. The van der Waals surface area contributed by atoms with E-state index in [-0.39, 0.29) is 43.6 Å². The minimum Gasteiger partial charge on any atom is -0.497 e. The van der Waals surface area contributed by atoms with E-state index in [9.17, 15) is 18.0 Å². The number of ether oxygens (including phenoxy) is 2. The van der Waals surface area contributed by atoms with Crippen LogP contribution in [0.15, 0.2) is 47.4 Å². The minimum absolute atomic E-state index is 0.0931. The van der Waals surface area contributed by atoms with Crippen LogP contribution in [0.4, 0.5) is 9.93 Å². The number of hydrogen-bond donors (Lipinski definition) is 0. The number of carbonyl (C=O) groups excluding carboxylic acids is 2. The number of sulfonamides is 1. The van der Waals surface area contributed by atoms with Crippen LogP contribution in [0.25, 0.3) is 10.2 Å². The number of hydrogen-bond acceptors (Lipinski definition) is 9. The summed E-state index contributed by atoms with van der Waals surface area (Å²) < 4.78 is 39.0. The highest BCUT2D eigenvalue weighted by molar-refractivity contribution is 7.89. The Morgan fingerprint density at radius 2 is 1.72 bits per heavy atom. The summed E-state index contributed by atoms with van der Waals surface area (Å²) in [5, 5.41) is 0.557. The van der Waals surface area contributed by atoms with Gasteiger partial charge >= 0.3 is 6.09 Å². The number of piperazine rings is 1. The third kappa shape index (κ3) is 6.49. The fourth-order valence-electron chi connectivity index (χ4n) is 4.12. The molecular formula is C26H33N5O6S2. The van der Waals surface area contributed by atoms with Crippen LogP contribution in [0.5, 0.6) is 5.75 Å². The molecule has 0 spiro atoms. The Bertz CT molecular complexity index is 1420. The molecule has 4 rings (SSSR count). The Kier molecular flexibility index (Phi) is 9.05. The third-order valence-electron chi connectivity index (χ3n) is 6.33. The van der Waals surface area contributed by atoms with Gasteiger partial charge in [-0.1, -0.05) is 11.3 Å². The Balaban J connectivity index is 1.52. The fraction of sp³-hybridized carbons (Fsp3) is 0.423. The predicted molar refractivity (Wildman–Crippen MR) is 150 cm³/mol. The molecule has 13 heteroatoms. The van der Waals surface area contributed by atoms with Gasteiger partial charge in [0, 0.05) is 44.8 Å². The number of likely N-dealkylation sites (N-methyl/N-ethyl adjacent to an activating group) is 1. The summed E-state index contributed by atoms with van der Waals surface area (Å²) in [6.07, 6.45) is -0.441. The third-order valence-corrected chi connectivity index (χ3v) is 9.29. The number of nitrogens with zero attached hydrogens (tertiary/aromatic N) is 5. The van der Waals surface area contributed by atoms with Crippen molar-refractivity contribution in [1.29, 1.82) is 0 Å². The Morgan fingerprint density at radius 3 is 2.33 bits per heavy atom. The first kappa shape index (κ1) is 28.7. The molecule has 3 aromatic rings. The zero-order chi connectivity index (χ0) is 28.2. The molecule has 0 bridgehead atoms. The van der Waals surface area contributed by atoms with Crippen molar-refractivity contribution >= 4 is 48.7 Å². The van der Waals surface area contributed by atoms with Gasteiger partial charge in [-0.25, -0.2) is 18.2 Å². The van der Waals surface area contributed by atoms with E-state index in [0.29, 0.717) is 29.5 Å². The Hall–Kier alpha value is -3.26. The molecule has 0 atom stereocenters. The SMILES string of the molecule is CCOC(=O)N1CCN(S(=O)(=O)c2ccc(C(=O)N(CCN(C)C)c3nc4ccc(OC)cc4s3)cc2)CC1. The second kappa shape index (κ2) is 12.3. The molecule has 11 nitrogen and oxygen atoms in total. The minimum atomic E-state index is -3.78. The maximum absolute atomic E-state index is 13.6. The van der Waals surface area contributed by atoms with Gasteiger partial charge in [0.15, 0.2) is 5.13 Å². The Morgan fingerprint density at radius 1 is 1.03 bits per heavy atom. The molecule has 0 saturated carbocycles. The molecule has 210 valence electrons. The highest BCUT2D eigenvalue weighted by atomic mass is 32.2. The van der Waals surface area contributed by atoms with Crippen LogP contribution >= 0.6 is 11.3 Å². The molecule has 1 aromatic heterocycles. The van der Waals surface area contributed by atoms with Crippen LogP contribution in [0.2, 0.25) is 0 Å². The molecular weight excluding hydrogens is 542 g/mol. The van der Waals surface area contributed by atoms with Crippen molar-refractivity contribution in [3.05, 3.63) is 48.0 Å². The van der Waals surface area contributed by atoms with Gasteiger partial charge in [0.05, 0.1) is 28.8 Å². The summed E-state index contributed by atoms with van der Waals surface area (Å²) in [6.45, 7) is 3.87. The average molecular weight is 576 g/mol. The molecule has 1 aliphatic rings. The number of amides is 2. The summed E-state index contributed by atoms with van der Waals surface area (Å²) in [7, 11) is 1.67. The van der Waals surface area contributed by atoms with E-state index >= 15 is 0 Å². The van der Waals surface area contributed by atoms with Crippen LogP contribution in [-0.2, 0) is 14.8 Å². The van der Waals surface area contributed by atoms with Gasteiger partial charge in [0.2, 0.25) is 10.0 Å². The van der Waals surface area contributed by atoms with Crippen molar-refractivity contribution < 1.29 is 27.5 Å². The summed E-state index contributed by atoms with van der Waals surface area (Å²) in [4.78, 5) is 35.4. The highest BCUT2D eigenvalue weighted by Gasteiger charge is 2.31. The molecule has 1 aliphatic heterocycles. The van der Waals surface area contributed by atoms with Crippen LogP contribution in [0.1, 0.15) is 17.3 Å². The van der Waals surface area contributed by atoms with E-state index in [2.05, 4.69) is 4.98 Å². The maximum Gasteiger partial charge on any atom is 0.409 e. The van der Waals surface area contributed by atoms with Gasteiger partial charge in [-0.05, 0) is 63.5 Å². The standard InChI is InChI=1S/C26H33N5O6S2/c1-5-37-26(33)29-13-15-30(16-14-29)39(34,35)21-9-6-19(7-10-21)24(32)31(17-12-28(2)3)25-27-22-11-8-20(36-4)18-23(22)38-25/h6-11,18H,5,12-17H2,1-4H3. The average Bonchev–Trinajstić information content (AvgIpc) is 3.36. The van der Waals surface area contributed by atoms with Crippen LogP contribution in [0, 0.1) is 0 Å². The predicted octanol–water partition coefficient (Wildman–Crippen LogP) is 2.98. The lowest BCUT2D eigenvalue weighted by atomic mass is 10.2. The maximum atomic E-state index is 13.6. The molecule has 2 amide bonds. The first-order chi connectivity index (χ1) is 18.6. The number of anilines is 1. The van der Waals surface area contributed by atoms with Gasteiger partial charge in [-0.3, -0.25) is 9.69 Å². The van der Waals surface area contributed by atoms with E-state index in [4.69, 9.17) is 9.47 Å². The molecule has 0 unspecified atom stereocenters. The zero-order valence-corrected chi connectivity index (χ0v) is 24.1. The molecule has 0 N–H and O–H groups in total. The lowest BCUT2D eigenvalue weighted by Crippen LogP contribution is -2.50. The number of rotatable bonds is 9. The molecule has 0 radical (unpaired) electrons.